The van der Waals surface area contributed by atoms with Gasteiger partial charge in [-0.05, 0) is 60.9 Å². The number of halogens is 2. The van der Waals surface area contributed by atoms with Crippen molar-refractivity contribution in [2.45, 2.75) is 68.7 Å². The Kier molecular flexibility index (Phi) is 6.77. The third-order valence-corrected chi connectivity index (χ3v) is 8.37. The highest BCUT2D eigenvalue weighted by atomic mass is 79.9. The van der Waals surface area contributed by atoms with Gasteiger partial charge in [-0.15, -0.1) is 0 Å². The molecule has 1 saturated heterocycles. The molecule has 1 amide bonds. The van der Waals surface area contributed by atoms with Crippen LogP contribution in [0.1, 0.15) is 44.9 Å². The first-order valence-electron chi connectivity index (χ1n) is 10.7. The van der Waals surface area contributed by atoms with E-state index < -0.39 is 34.2 Å². The van der Waals surface area contributed by atoms with E-state index in [9.17, 15) is 17.6 Å². The minimum atomic E-state index is -4.07. The Hall–Kier alpha value is -1.37. The molecule has 12 heteroatoms. The Bertz CT molecular complexity index is 952. The van der Waals surface area contributed by atoms with Crippen LogP contribution in [0.3, 0.4) is 0 Å². The van der Waals surface area contributed by atoms with Crippen LogP contribution in [-0.4, -0.2) is 73.3 Å². The maximum atomic E-state index is 12.9. The lowest BCUT2D eigenvalue weighted by atomic mass is 9.86. The Morgan fingerprint density at radius 1 is 1.38 bits per heavy atom. The lowest BCUT2D eigenvalue weighted by Gasteiger charge is -2.32. The number of carbonyl (C=O) groups excluding carboxylic acids is 1. The molecule has 32 heavy (non-hydrogen) atoms. The first-order chi connectivity index (χ1) is 15.2. The summed E-state index contributed by atoms with van der Waals surface area (Å²) in [6.07, 6.45) is 7.00. The van der Waals surface area contributed by atoms with E-state index >= 15 is 0 Å². The van der Waals surface area contributed by atoms with Crippen LogP contribution in [0.2, 0.25) is 0 Å². The molecule has 1 aromatic rings. The van der Waals surface area contributed by atoms with Gasteiger partial charge < -0.3 is 9.47 Å². The number of sulfonamides is 1. The highest BCUT2D eigenvalue weighted by Gasteiger charge is 2.60. The SMILES string of the molecule is COC(=O)N1[C@H](C)C[C@H](NS(=O)(=O)CF)[C@@H]1COC1CCC2(c3ncc(Br)cn3)CC2C1. The van der Waals surface area contributed by atoms with Gasteiger partial charge in [-0.3, -0.25) is 4.90 Å². The number of ether oxygens (including phenoxy) is 2. The van der Waals surface area contributed by atoms with Gasteiger partial charge >= 0.3 is 6.09 Å². The van der Waals surface area contributed by atoms with Gasteiger partial charge in [-0.2, -0.15) is 0 Å². The molecule has 2 aliphatic carbocycles. The Balaban J connectivity index is 1.40. The maximum Gasteiger partial charge on any atom is 0.410 e. The fourth-order valence-electron chi connectivity index (χ4n) is 5.36. The van der Waals surface area contributed by atoms with E-state index in [0.29, 0.717) is 12.3 Å². The normalized spacial score (nSPS) is 34.2. The molecule has 2 saturated carbocycles. The van der Waals surface area contributed by atoms with Crippen LogP contribution in [-0.2, 0) is 24.9 Å². The van der Waals surface area contributed by atoms with E-state index in [-0.39, 0.29) is 24.2 Å². The van der Waals surface area contributed by atoms with Gasteiger partial charge in [-0.1, -0.05) is 0 Å². The van der Waals surface area contributed by atoms with Crippen molar-refractivity contribution in [2.24, 2.45) is 5.92 Å². The average molecular weight is 535 g/mol. The van der Waals surface area contributed by atoms with Gasteiger partial charge in [0.1, 0.15) is 5.82 Å². The second-order valence-electron chi connectivity index (χ2n) is 8.99. The maximum absolute atomic E-state index is 12.9. The zero-order valence-corrected chi connectivity index (χ0v) is 20.4. The molecule has 0 radical (unpaired) electrons. The highest BCUT2D eigenvalue weighted by Crippen LogP contribution is 2.61. The summed E-state index contributed by atoms with van der Waals surface area (Å²) in [5.74, 6) is 1.33. The Morgan fingerprint density at radius 2 is 2.09 bits per heavy atom. The van der Waals surface area contributed by atoms with Gasteiger partial charge in [0, 0.05) is 29.9 Å². The smallest absolute Gasteiger partial charge is 0.410 e. The van der Waals surface area contributed by atoms with Crippen molar-refractivity contribution < 1.29 is 27.1 Å². The minimum Gasteiger partial charge on any atom is -0.453 e. The first kappa shape index (κ1) is 23.8. The Morgan fingerprint density at radius 3 is 2.72 bits per heavy atom. The third-order valence-electron chi connectivity index (χ3n) is 7.01. The number of alkyl halides is 1. The molecule has 4 rings (SSSR count). The molecule has 1 N–H and O–H groups in total. The monoisotopic (exact) mass is 534 g/mol. The van der Waals surface area contributed by atoms with Gasteiger partial charge in [0.15, 0.2) is 0 Å². The minimum absolute atomic E-state index is 0.0000845. The number of methoxy groups -OCH3 is 1. The fourth-order valence-corrected chi connectivity index (χ4v) is 6.34. The van der Waals surface area contributed by atoms with Crippen LogP contribution in [0.4, 0.5) is 9.18 Å². The van der Waals surface area contributed by atoms with Gasteiger partial charge in [0.05, 0.1) is 30.3 Å². The summed E-state index contributed by atoms with van der Waals surface area (Å²) in [4.78, 5) is 22.8. The lowest BCUT2D eigenvalue weighted by Crippen LogP contribution is -2.50. The number of hydrogen-bond donors (Lipinski definition) is 1. The molecule has 0 bridgehead atoms. The van der Waals surface area contributed by atoms with E-state index in [1.54, 1.807) is 12.4 Å². The van der Waals surface area contributed by atoms with Gasteiger partial charge in [0.25, 0.3) is 0 Å². The molecule has 2 heterocycles. The fraction of sp³-hybridized carbons (Fsp3) is 0.750. The van der Waals surface area contributed by atoms with Crippen LogP contribution in [0.25, 0.3) is 0 Å². The second-order valence-corrected chi connectivity index (χ2v) is 11.6. The van der Waals surface area contributed by atoms with Crippen LogP contribution >= 0.6 is 15.9 Å². The largest absolute Gasteiger partial charge is 0.453 e. The van der Waals surface area contributed by atoms with E-state index in [4.69, 9.17) is 9.47 Å². The molecular weight excluding hydrogens is 507 g/mol. The van der Waals surface area contributed by atoms with Crippen LogP contribution < -0.4 is 4.72 Å². The van der Waals surface area contributed by atoms with E-state index in [2.05, 4.69) is 30.6 Å². The summed E-state index contributed by atoms with van der Waals surface area (Å²) < 4.78 is 50.8. The molecule has 3 aliphatic rings. The second kappa shape index (κ2) is 9.11. The number of rotatable bonds is 7. The molecule has 0 spiro atoms. The molecule has 9 nitrogen and oxygen atoms in total. The van der Waals surface area contributed by atoms with Crippen molar-refractivity contribution in [2.75, 3.05) is 19.7 Å². The van der Waals surface area contributed by atoms with Crippen LogP contribution in [0.5, 0.6) is 0 Å². The van der Waals surface area contributed by atoms with Gasteiger partial charge in [-0.25, -0.2) is 32.3 Å². The summed E-state index contributed by atoms with van der Waals surface area (Å²) in [5.41, 5.74) is 0.0276. The van der Waals surface area contributed by atoms with Crippen LogP contribution in [0.15, 0.2) is 16.9 Å². The number of fused-ring (bicyclic) bond motifs is 1. The molecule has 1 aromatic heterocycles. The van der Waals surface area contributed by atoms with Crippen molar-refractivity contribution in [3.05, 3.63) is 22.7 Å². The third kappa shape index (κ3) is 4.64. The molecular formula is C20H28BrFN4O5S. The van der Waals surface area contributed by atoms with Crippen molar-refractivity contribution >= 4 is 32.0 Å². The van der Waals surface area contributed by atoms with Crippen LogP contribution in [0, 0.1) is 5.92 Å². The van der Waals surface area contributed by atoms with E-state index in [1.807, 2.05) is 6.92 Å². The predicted molar refractivity (Wildman–Crippen MR) is 117 cm³/mol. The standard InChI is InChI=1S/C20H28BrFN4O5S/c1-12-5-16(25-32(28,29)11-22)17(26(12)19(27)30-2)10-31-15-3-4-20(7-13(20)6-15)18-23-8-14(21)9-24-18/h8-9,12-13,15-17,25H,3-7,10-11H2,1-2H3/t12-,13?,15?,16+,17+,20?/m1/s1. The van der Waals surface area contributed by atoms with E-state index in [0.717, 1.165) is 36.0 Å². The lowest BCUT2D eigenvalue weighted by molar-refractivity contribution is -0.0103. The molecule has 178 valence electrons. The Labute approximate surface area is 195 Å². The van der Waals surface area contributed by atoms with Crippen molar-refractivity contribution in [3.63, 3.8) is 0 Å². The quantitative estimate of drug-likeness (QED) is 0.571. The number of amides is 1. The summed E-state index contributed by atoms with van der Waals surface area (Å²) in [7, 11) is -2.79. The number of carbonyl (C=O) groups is 1. The van der Waals surface area contributed by atoms with Crippen molar-refractivity contribution in [1.82, 2.24) is 19.6 Å². The van der Waals surface area contributed by atoms with E-state index in [1.165, 1.54) is 12.0 Å². The summed E-state index contributed by atoms with van der Waals surface area (Å²) in [5, 5.41) is 0. The topological polar surface area (TPSA) is 111 Å². The number of nitrogens with one attached hydrogen (secondary N) is 1. The highest BCUT2D eigenvalue weighted by molar-refractivity contribution is 9.10. The van der Waals surface area contributed by atoms with Crippen molar-refractivity contribution in [3.8, 4) is 0 Å². The number of nitrogens with zero attached hydrogens (tertiary/aromatic N) is 3. The summed E-state index contributed by atoms with van der Waals surface area (Å²) >= 11 is 3.37. The molecule has 3 unspecified atom stereocenters. The number of hydrogen-bond acceptors (Lipinski definition) is 7. The first-order valence-corrected chi connectivity index (χ1v) is 13.2. The van der Waals surface area contributed by atoms with Crippen molar-refractivity contribution in [1.29, 1.82) is 0 Å². The zero-order chi connectivity index (χ0) is 23.1. The number of likely N-dealkylation sites (tertiary alicyclic amines) is 1. The molecule has 1 aliphatic heterocycles. The summed E-state index contributed by atoms with van der Waals surface area (Å²) in [6, 6.07) is -2.97. The summed E-state index contributed by atoms with van der Waals surface area (Å²) in [6.45, 7) is 1.96. The molecule has 3 fully saturated rings. The molecule has 0 aromatic carbocycles. The number of aromatic nitrogens is 2. The van der Waals surface area contributed by atoms with Gasteiger partial charge in [0.2, 0.25) is 16.0 Å². The predicted octanol–water partition coefficient (Wildman–Crippen LogP) is 2.51. The molecule has 6 atom stereocenters. The zero-order valence-electron chi connectivity index (χ0n) is 18.0. The average Bonchev–Trinajstić information content (AvgIpc) is 3.42.